The highest BCUT2D eigenvalue weighted by atomic mass is 35.5. The fraction of sp³-hybridized carbons (Fsp3) is 0.500. The van der Waals surface area contributed by atoms with Gasteiger partial charge in [0.2, 0.25) is 11.9 Å². The zero-order valence-electron chi connectivity index (χ0n) is 34.4. The number of thiophene rings is 1. The Bertz CT molecular complexity index is 1860. The highest BCUT2D eigenvalue weighted by Crippen LogP contribution is 2.33. The van der Waals surface area contributed by atoms with Crippen LogP contribution in [0.3, 0.4) is 0 Å². The van der Waals surface area contributed by atoms with Crippen LogP contribution in [0.1, 0.15) is 129 Å². The number of benzene rings is 2. The smallest absolute Gasteiger partial charge is 0.437 e. The number of anilines is 1. The fourth-order valence-electron chi connectivity index (χ4n) is 5.20. The van der Waals surface area contributed by atoms with Crippen LogP contribution in [0.25, 0.3) is 0 Å². The van der Waals surface area contributed by atoms with Crippen molar-refractivity contribution in [3.8, 4) is 5.75 Å². The second-order valence-electron chi connectivity index (χ2n) is 17.8. The lowest BCUT2D eigenvalue weighted by Gasteiger charge is -2.31. The number of nitrogens with one attached hydrogen (secondary N) is 2. The van der Waals surface area contributed by atoms with Crippen molar-refractivity contribution in [1.29, 1.82) is 0 Å². The number of aliphatic imine (C=N–C) groups is 1. The summed E-state index contributed by atoms with van der Waals surface area (Å²) in [4.78, 5) is 58.7. The molecule has 0 aliphatic carbocycles. The van der Waals surface area contributed by atoms with Gasteiger partial charge in [-0.2, -0.15) is 0 Å². The van der Waals surface area contributed by atoms with Gasteiger partial charge in [0, 0.05) is 35.1 Å². The molecule has 2 aromatic carbocycles. The van der Waals surface area contributed by atoms with Gasteiger partial charge < -0.3 is 24.4 Å². The largest absolute Gasteiger partial charge is 0.444 e. The number of alkyl carbamates (subject to hydrolysis) is 1. The van der Waals surface area contributed by atoms with Crippen LogP contribution in [0.2, 0.25) is 5.02 Å². The number of ether oxygens (including phenoxy) is 3. The van der Waals surface area contributed by atoms with Gasteiger partial charge >= 0.3 is 18.2 Å². The summed E-state index contributed by atoms with van der Waals surface area (Å²) in [5.41, 5.74) is 0.894. The van der Waals surface area contributed by atoms with Crippen molar-refractivity contribution < 1.29 is 33.4 Å². The predicted octanol–water partition coefficient (Wildman–Crippen LogP) is 10.7. The van der Waals surface area contributed by atoms with Gasteiger partial charge in [-0.05, 0) is 117 Å². The number of amides is 3. The lowest BCUT2D eigenvalue weighted by molar-refractivity contribution is -0.133. The minimum atomic E-state index is -0.928. The van der Waals surface area contributed by atoms with E-state index in [1.807, 2.05) is 11.8 Å². The lowest BCUT2D eigenvalue weighted by Crippen LogP contribution is -2.40. The molecule has 0 saturated heterocycles. The number of carbonyl (C=O) groups excluding carboxylic acids is 4. The maximum Gasteiger partial charge on any atom is 0.437 e. The molecule has 0 aliphatic rings. The number of carbonyl (C=O) groups is 4. The van der Waals surface area contributed by atoms with Crippen molar-refractivity contribution in [2.75, 3.05) is 11.9 Å². The van der Waals surface area contributed by atoms with Gasteiger partial charge in [0.05, 0.1) is 5.56 Å². The van der Waals surface area contributed by atoms with E-state index >= 15 is 0 Å². The molecule has 0 aliphatic heterocycles. The van der Waals surface area contributed by atoms with Gasteiger partial charge in [-0.1, -0.05) is 66.1 Å². The van der Waals surface area contributed by atoms with Crippen LogP contribution in [0.15, 0.2) is 58.9 Å². The SMILES string of the molecule is CC(CC(=O)N(Cc1csc(C(C)(C)C)c1)CC(C)(C)C)c1ccc(OC(=O)c2ccc(N/C(=N\C(=O)OC(C)(C)C)NC(=O)OC(C)(C)C)cc2)cc1Cl. The third-order valence-electron chi connectivity index (χ3n) is 7.58. The highest BCUT2D eigenvalue weighted by molar-refractivity contribution is 7.10. The Kier molecular flexibility index (Phi) is 14.7. The number of halogens is 1. The first kappa shape index (κ1) is 45.0. The van der Waals surface area contributed by atoms with Gasteiger partial charge in [0.1, 0.15) is 17.0 Å². The third kappa shape index (κ3) is 15.7. The molecule has 0 bridgehead atoms. The topological polar surface area (TPSA) is 136 Å². The van der Waals surface area contributed by atoms with Crippen LogP contribution in [0.5, 0.6) is 5.75 Å². The Hall–Kier alpha value is -4.42. The fourth-order valence-corrected chi connectivity index (χ4v) is 6.56. The molecule has 300 valence electrons. The van der Waals surface area contributed by atoms with E-state index in [0.29, 0.717) is 23.8 Å². The second kappa shape index (κ2) is 18.0. The number of rotatable bonds is 9. The minimum absolute atomic E-state index is 0.0410. The Morgan fingerprint density at radius 2 is 1.47 bits per heavy atom. The number of hydrogen-bond donors (Lipinski definition) is 2. The number of esters is 1. The molecule has 55 heavy (non-hydrogen) atoms. The Labute approximate surface area is 335 Å². The molecule has 3 aromatic rings. The van der Waals surface area contributed by atoms with Crippen LogP contribution in [0.4, 0.5) is 15.3 Å². The lowest BCUT2D eigenvalue weighted by atomic mass is 9.93. The summed E-state index contributed by atoms with van der Waals surface area (Å²) in [6.07, 6.45) is -1.49. The average Bonchev–Trinajstić information content (AvgIpc) is 3.48. The molecule has 1 atom stereocenters. The Morgan fingerprint density at radius 3 is 2.00 bits per heavy atom. The van der Waals surface area contributed by atoms with Crippen LogP contribution in [-0.4, -0.2) is 52.7 Å². The zero-order chi connectivity index (χ0) is 41.5. The maximum atomic E-state index is 13.7. The quantitative estimate of drug-likeness (QED) is 0.0945. The number of nitrogens with zero attached hydrogens (tertiary/aromatic N) is 2. The van der Waals surface area contributed by atoms with E-state index in [1.165, 1.54) is 17.0 Å². The van der Waals surface area contributed by atoms with Gasteiger partial charge in [-0.25, -0.2) is 14.4 Å². The predicted molar refractivity (Wildman–Crippen MR) is 220 cm³/mol. The van der Waals surface area contributed by atoms with E-state index < -0.39 is 29.4 Å². The van der Waals surface area contributed by atoms with Crippen LogP contribution in [0, 0.1) is 5.41 Å². The Balaban J connectivity index is 1.69. The molecule has 0 saturated carbocycles. The van der Waals surface area contributed by atoms with Gasteiger partial charge in [0.15, 0.2) is 0 Å². The summed E-state index contributed by atoms with van der Waals surface area (Å²) in [6.45, 7) is 26.2. The van der Waals surface area contributed by atoms with Crippen molar-refractivity contribution in [2.24, 2.45) is 10.4 Å². The molecule has 1 unspecified atom stereocenters. The second-order valence-corrected chi connectivity index (χ2v) is 19.1. The first-order chi connectivity index (χ1) is 25.2. The molecule has 0 radical (unpaired) electrons. The van der Waals surface area contributed by atoms with E-state index in [2.05, 4.69) is 68.6 Å². The summed E-state index contributed by atoms with van der Waals surface area (Å²) in [5, 5.41) is 7.78. The molecule has 0 spiro atoms. The maximum absolute atomic E-state index is 13.7. The highest BCUT2D eigenvalue weighted by Gasteiger charge is 2.26. The average molecular weight is 797 g/mol. The van der Waals surface area contributed by atoms with Gasteiger partial charge in [-0.15, -0.1) is 16.3 Å². The van der Waals surface area contributed by atoms with E-state index in [9.17, 15) is 19.2 Å². The van der Waals surface area contributed by atoms with Crippen molar-refractivity contribution in [1.82, 2.24) is 10.2 Å². The van der Waals surface area contributed by atoms with Crippen LogP contribution < -0.4 is 15.4 Å². The summed E-state index contributed by atoms with van der Waals surface area (Å²) < 4.78 is 16.2. The zero-order valence-corrected chi connectivity index (χ0v) is 36.0. The van der Waals surface area contributed by atoms with Crippen molar-refractivity contribution in [2.45, 2.75) is 126 Å². The normalized spacial score (nSPS) is 13.1. The minimum Gasteiger partial charge on any atom is -0.444 e. The molecule has 1 heterocycles. The molecule has 3 amide bonds. The van der Waals surface area contributed by atoms with Crippen LogP contribution in [-0.2, 0) is 26.2 Å². The summed E-state index contributed by atoms with van der Waals surface area (Å²) in [6, 6.07) is 13.3. The standard InChI is InChI=1S/C42H57ClN4O7S/c1-26(20-34(48)47(25-39(2,3)4)23-27-21-33(55-24-27)40(5,6)7)31-19-18-30(22-32(31)43)52-35(49)28-14-16-29(17-15-28)44-36(45-37(50)53-41(8,9)10)46-38(51)54-42(11,12)13/h14-19,21-22,24,26H,20,23,25H2,1-13H3,(H2,44,45,46,50,51). The van der Waals surface area contributed by atoms with Gasteiger partial charge in [-0.3, -0.25) is 10.1 Å². The van der Waals surface area contributed by atoms with Gasteiger partial charge in [0.25, 0.3) is 0 Å². The molecule has 11 nitrogen and oxygen atoms in total. The molecule has 3 rings (SSSR count). The van der Waals surface area contributed by atoms with Crippen molar-refractivity contribution in [3.05, 3.63) is 80.5 Å². The molecular weight excluding hydrogens is 740 g/mol. The molecule has 1 aromatic heterocycles. The Morgan fingerprint density at radius 1 is 0.855 bits per heavy atom. The first-order valence-electron chi connectivity index (χ1n) is 18.2. The van der Waals surface area contributed by atoms with E-state index in [0.717, 1.165) is 11.1 Å². The molecule has 13 heteroatoms. The summed E-state index contributed by atoms with van der Waals surface area (Å²) in [7, 11) is 0. The third-order valence-corrected chi connectivity index (χ3v) is 9.31. The number of hydrogen-bond acceptors (Lipinski definition) is 8. The monoisotopic (exact) mass is 796 g/mol. The van der Waals surface area contributed by atoms with Crippen LogP contribution >= 0.6 is 22.9 Å². The van der Waals surface area contributed by atoms with E-state index in [4.69, 9.17) is 25.8 Å². The first-order valence-corrected chi connectivity index (χ1v) is 19.5. The van der Waals surface area contributed by atoms with E-state index in [1.54, 1.807) is 83.2 Å². The molecular formula is C42H57ClN4O7S. The summed E-state index contributed by atoms with van der Waals surface area (Å²) >= 11 is 8.43. The van der Waals surface area contributed by atoms with Crippen molar-refractivity contribution >= 4 is 58.6 Å². The molecule has 0 fully saturated rings. The van der Waals surface area contributed by atoms with Crippen molar-refractivity contribution in [3.63, 3.8) is 0 Å². The molecule has 2 N–H and O–H groups in total. The van der Waals surface area contributed by atoms with E-state index in [-0.39, 0.29) is 46.3 Å². The summed E-state index contributed by atoms with van der Waals surface area (Å²) in [5.74, 6) is -0.764. The number of guanidine groups is 1.